The Hall–Kier alpha value is -0.910. The van der Waals surface area contributed by atoms with Crippen molar-refractivity contribution in [3.05, 3.63) is 18.0 Å². The smallest absolute Gasteiger partial charge is 0.225 e. The standard InChI is InChI=1S/C12H20ClN3O2/c1-10(9-18-3)16(4-5-17-2)12-14-7-11(6-13)8-15-12/h7-8,10H,4-6,9H2,1-3H3. The lowest BCUT2D eigenvalue weighted by molar-refractivity contribution is 0.170. The van der Waals surface area contributed by atoms with Gasteiger partial charge in [0.15, 0.2) is 0 Å². The maximum atomic E-state index is 5.72. The predicted octanol–water partition coefficient (Wildman–Crippen LogP) is 1.70. The number of nitrogens with zero attached hydrogens (tertiary/aromatic N) is 3. The monoisotopic (exact) mass is 273 g/mol. The van der Waals surface area contributed by atoms with Crippen LogP contribution in [0.25, 0.3) is 0 Å². The molecule has 1 aromatic rings. The summed E-state index contributed by atoms with van der Waals surface area (Å²) >= 11 is 5.72. The third-order valence-corrected chi connectivity index (χ3v) is 2.89. The fraction of sp³-hybridized carbons (Fsp3) is 0.667. The van der Waals surface area contributed by atoms with Gasteiger partial charge in [0.25, 0.3) is 0 Å². The summed E-state index contributed by atoms with van der Waals surface area (Å²) in [6.07, 6.45) is 3.49. The molecule has 1 atom stereocenters. The van der Waals surface area contributed by atoms with Gasteiger partial charge in [-0.3, -0.25) is 0 Å². The molecule has 0 bridgehead atoms. The Balaban J connectivity index is 2.79. The summed E-state index contributed by atoms with van der Waals surface area (Å²) in [5.41, 5.74) is 0.909. The molecule has 0 radical (unpaired) electrons. The zero-order chi connectivity index (χ0) is 13.4. The molecule has 0 aliphatic carbocycles. The van der Waals surface area contributed by atoms with Crippen LogP contribution >= 0.6 is 11.6 Å². The van der Waals surface area contributed by atoms with Crippen molar-refractivity contribution in [3.8, 4) is 0 Å². The van der Waals surface area contributed by atoms with Crippen LogP contribution in [0.1, 0.15) is 12.5 Å². The number of hydrogen-bond donors (Lipinski definition) is 0. The third kappa shape index (κ3) is 4.40. The molecule has 1 heterocycles. The largest absolute Gasteiger partial charge is 0.383 e. The highest BCUT2D eigenvalue weighted by Crippen LogP contribution is 2.12. The summed E-state index contributed by atoms with van der Waals surface area (Å²) in [4.78, 5) is 10.7. The molecule has 5 nitrogen and oxygen atoms in total. The van der Waals surface area contributed by atoms with E-state index in [-0.39, 0.29) is 6.04 Å². The molecule has 1 unspecified atom stereocenters. The van der Waals surface area contributed by atoms with Crippen LogP contribution in [0.5, 0.6) is 0 Å². The first-order valence-corrected chi connectivity index (χ1v) is 6.37. The van der Waals surface area contributed by atoms with Crippen LogP contribution in [0.3, 0.4) is 0 Å². The van der Waals surface area contributed by atoms with Crippen molar-refractivity contribution in [1.82, 2.24) is 9.97 Å². The van der Waals surface area contributed by atoms with Crippen LogP contribution in [0.15, 0.2) is 12.4 Å². The van der Waals surface area contributed by atoms with Crippen molar-refractivity contribution >= 4 is 17.5 Å². The Morgan fingerprint density at radius 1 is 1.28 bits per heavy atom. The highest BCUT2D eigenvalue weighted by Gasteiger charge is 2.16. The number of aromatic nitrogens is 2. The number of ether oxygens (including phenoxy) is 2. The molecular formula is C12H20ClN3O2. The average molecular weight is 274 g/mol. The topological polar surface area (TPSA) is 47.5 Å². The number of anilines is 1. The maximum Gasteiger partial charge on any atom is 0.225 e. The van der Waals surface area contributed by atoms with E-state index >= 15 is 0 Å². The van der Waals surface area contributed by atoms with Crippen molar-refractivity contribution in [1.29, 1.82) is 0 Å². The van der Waals surface area contributed by atoms with E-state index in [9.17, 15) is 0 Å². The number of methoxy groups -OCH3 is 2. The second-order valence-corrected chi connectivity index (χ2v) is 4.28. The Kier molecular flexibility index (Phi) is 6.93. The summed E-state index contributed by atoms with van der Waals surface area (Å²) in [5.74, 6) is 1.09. The van der Waals surface area contributed by atoms with E-state index in [0.29, 0.717) is 25.0 Å². The van der Waals surface area contributed by atoms with Gasteiger partial charge in [0.1, 0.15) is 0 Å². The summed E-state index contributed by atoms with van der Waals surface area (Å²) < 4.78 is 10.3. The predicted molar refractivity (Wildman–Crippen MR) is 72.1 cm³/mol. The summed E-state index contributed by atoms with van der Waals surface area (Å²) in [5, 5.41) is 0. The minimum atomic E-state index is 0.187. The number of hydrogen-bond acceptors (Lipinski definition) is 5. The molecule has 0 aliphatic rings. The van der Waals surface area contributed by atoms with Crippen molar-refractivity contribution in [2.24, 2.45) is 0 Å². The minimum absolute atomic E-state index is 0.187. The molecule has 6 heteroatoms. The van der Waals surface area contributed by atoms with Crippen LogP contribution in [-0.4, -0.2) is 50.0 Å². The third-order valence-electron chi connectivity index (χ3n) is 2.58. The van der Waals surface area contributed by atoms with Crippen LogP contribution < -0.4 is 4.90 Å². The Labute approximate surface area is 113 Å². The van der Waals surface area contributed by atoms with E-state index in [0.717, 1.165) is 12.1 Å². The summed E-state index contributed by atoms with van der Waals surface area (Å²) in [6, 6.07) is 0.187. The maximum absolute atomic E-state index is 5.72. The van der Waals surface area contributed by atoms with E-state index in [2.05, 4.69) is 21.8 Å². The van der Waals surface area contributed by atoms with Crippen molar-refractivity contribution in [2.45, 2.75) is 18.8 Å². The molecule has 0 fully saturated rings. The van der Waals surface area contributed by atoms with Crippen LogP contribution in [-0.2, 0) is 15.4 Å². The van der Waals surface area contributed by atoms with Gasteiger partial charge in [-0.1, -0.05) is 0 Å². The fourth-order valence-electron chi connectivity index (χ4n) is 1.60. The number of rotatable bonds is 8. The van der Waals surface area contributed by atoms with E-state index in [1.165, 1.54) is 0 Å². The van der Waals surface area contributed by atoms with Gasteiger partial charge in [-0.05, 0) is 6.92 Å². The lowest BCUT2D eigenvalue weighted by Crippen LogP contribution is -2.39. The molecule has 1 aromatic heterocycles. The molecular weight excluding hydrogens is 254 g/mol. The van der Waals surface area contributed by atoms with E-state index in [1.807, 2.05) is 0 Å². The second-order valence-electron chi connectivity index (χ2n) is 4.02. The summed E-state index contributed by atoms with van der Waals surface area (Å²) in [6.45, 7) is 4.03. The lowest BCUT2D eigenvalue weighted by Gasteiger charge is -2.28. The Morgan fingerprint density at radius 3 is 2.44 bits per heavy atom. The Bertz CT molecular complexity index is 335. The van der Waals surface area contributed by atoms with E-state index < -0.39 is 0 Å². The molecule has 0 saturated carbocycles. The quantitative estimate of drug-likeness (QED) is 0.675. The first-order valence-electron chi connectivity index (χ1n) is 5.84. The second kappa shape index (κ2) is 8.24. The molecule has 0 aromatic carbocycles. The summed E-state index contributed by atoms with van der Waals surface area (Å²) in [7, 11) is 3.36. The Morgan fingerprint density at radius 2 is 1.94 bits per heavy atom. The van der Waals surface area contributed by atoms with Crippen LogP contribution in [0.4, 0.5) is 5.95 Å². The van der Waals surface area contributed by atoms with Gasteiger partial charge in [-0.2, -0.15) is 0 Å². The molecule has 0 amide bonds. The number of alkyl halides is 1. The zero-order valence-electron chi connectivity index (χ0n) is 11.1. The van der Waals surface area contributed by atoms with Gasteiger partial charge in [0.2, 0.25) is 5.95 Å². The first kappa shape index (κ1) is 15.1. The highest BCUT2D eigenvalue weighted by atomic mass is 35.5. The SMILES string of the molecule is COCCN(c1ncc(CCl)cn1)C(C)COC. The minimum Gasteiger partial charge on any atom is -0.383 e. The molecule has 1 rings (SSSR count). The number of halogens is 1. The molecule has 0 aliphatic heterocycles. The molecule has 0 saturated heterocycles. The highest BCUT2D eigenvalue weighted by molar-refractivity contribution is 6.17. The van der Waals surface area contributed by atoms with Gasteiger partial charge in [-0.15, -0.1) is 11.6 Å². The van der Waals surface area contributed by atoms with E-state index in [4.69, 9.17) is 21.1 Å². The fourth-order valence-corrected chi connectivity index (χ4v) is 1.74. The normalized spacial score (nSPS) is 12.4. The van der Waals surface area contributed by atoms with E-state index in [1.54, 1.807) is 26.6 Å². The zero-order valence-corrected chi connectivity index (χ0v) is 11.9. The van der Waals surface area contributed by atoms with Gasteiger partial charge < -0.3 is 14.4 Å². The lowest BCUT2D eigenvalue weighted by atomic mass is 10.3. The molecule has 0 N–H and O–H groups in total. The van der Waals surface area contributed by atoms with Crippen molar-refractivity contribution < 1.29 is 9.47 Å². The van der Waals surface area contributed by atoms with Crippen molar-refractivity contribution in [3.63, 3.8) is 0 Å². The van der Waals surface area contributed by atoms with Gasteiger partial charge in [-0.25, -0.2) is 9.97 Å². The van der Waals surface area contributed by atoms with Crippen LogP contribution in [0.2, 0.25) is 0 Å². The average Bonchev–Trinajstić information content (AvgIpc) is 2.40. The van der Waals surface area contributed by atoms with Gasteiger partial charge in [0, 0.05) is 38.7 Å². The van der Waals surface area contributed by atoms with Gasteiger partial charge in [0.05, 0.1) is 25.1 Å². The van der Waals surface area contributed by atoms with Crippen LogP contribution in [0, 0.1) is 0 Å². The molecule has 0 spiro atoms. The van der Waals surface area contributed by atoms with Crippen molar-refractivity contribution in [2.75, 3.05) is 38.9 Å². The first-order chi connectivity index (χ1) is 8.72. The molecule has 18 heavy (non-hydrogen) atoms. The molecule has 102 valence electrons. The van der Waals surface area contributed by atoms with Gasteiger partial charge >= 0.3 is 0 Å².